The summed E-state index contributed by atoms with van der Waals surface area (Å²) >= 11 is 5.95. The number of nitrogens with zero attached hydrogens (tertiary/aromatic N) is 3. The van der Waals surface area contributed by atoms with Crippen LogP contribution in [0.2, 0.25) is 5.02 Å². The summed E-state index contributed by atoms with van der Waals surface area (Å²) in [6.07, 6.45) is 0. The van der Waals surface area contributed by atoms with Gasteiger partial charge in [0.2, 0.25) is 10.0 Å². The van der Waals surface area contributed by atoms with Gasteiger partial charge in [-0.05, 0) is 58.9 Å². The zero-order valence-corrected chi connectivity index (χ0v) is 19.8. The maximum atomic E-state index is 13.0. The normalized spacial score (nSPS) is 16.7. The predicted octanol–water partition coefficient (Wildman–Crippen LogP) is 3.70. The van der Waals surface area contributed by atoms with Gasteiger partial charge in [-0.3, -0.25) is 9.69 Å². The highest BCUT2D eigenvalue weighted by atomic mass is 35.5. The van der Waals surface area contributed by atoms with Crippen molar-refractivity contribution in [1.29, 1.82) is 0 Å². The second-order valence-electron chi connectivity index (χ2n) is 8.85. The van der Waals surface area contributed by atoms with Crippen LogP contribution in [0.25, 0.3) is 0 Å². The van der Waals surface area contributed by atoms with E-state index in [-0.39, 0.29) is 16.2 Å². The third kappa shape index (κ3) is 4.64. The van der Waals surface area contributed by atoms with Crippen molar-refractivity contribution in [2.45, 2.75) is 45.1 Å². The Morgan fingerprint density at radius 3 is 2.23 bits per heavy atom. The Labute approximate surface area is 184 Å². The minimum absolute atomic E-state index is 0.0738. The number of hydrogen-bond acceptors (Lipinski definition) is 4. The van der Waals surface area contributed by atoms with Gasteiger partial charge in [0.25, 0.3) is 0 Å². The fourth-order valence-electron chi connectivity index (χ4n) is 4.27. The van der Waals surface area contributed by atoms with Crippen LogP contribution in [-0.4, -0.2) is 60.7 Å². The van der Waals surface area contributed by atoms with E-state index in [1.54, 1.807) is 18.2 Å². The highest BCUT2D eigenvalue weighted by Gasteiger charge is 2.30. The number of carbonyl (C=O) groups is 1. The number of piperazine rings is 1. The maximum Gasteiger partial charge on any atom is 0.243 e. The third-order valence-corrected chi connectivity index (χ3v) is 7.66. The van der Waals surface area contributed by atoms with E-state index in [0.29, 0.717) is 37.7 Å². The molecule has 0 amide bonds. The van der Waals surface area contributed by atoms with Crippen molar-refractivity contribution in [3.63, 3.8) is 0 Å². The van der Waals surface area contributed by atoms with Crippen LogP contribution in [-0.2, 0) is 15.6 Å². The van der Waals surface area contributed by atoms with E-state index in [9.17, 15) is 13.2 Å². The topological polar surface area (TPSA) is 62.6 Å². The smallest absolute Gasteiger partial charge is 0.243 e. The van der Waals surface area contributed by atoms with E-state index in [1.807, 2.05) is 24.8 Å². The van der Waals surface area contributed by atoms with E-state index in [4.69, 9.17) is 11.6 Å². The van der Waals surface area contributed by atoms with Crippen LogP contribution in [0.3, 0.4) is 0 Å². The highest BCUT2D eigenvalue weighted by Crippen LogP contribution is 2.25. The molecule has 1 aliphatic rings. The Morgan fingerprint density at radius 1 is 1.07 bits per heavy atom. The molecule has 0 spiro atoms. The zero-order chi connectivity index (χ0) is 22.3. The number of ketones is 1. The number of halogens is 1. The maximum absolute atomic E-state index is 13.0. The molecule has 0 radical (unpaired) electrons. The van der Waals surface area contributed by atoms with Gasteiger partial charge in [0, 0.05) is 53.7 Å². The third-order valence-electron chi connectivity index (χ3n) is 5.53. The van der Waals surface area contributed by atoms with Crippen molar-refractivity contribution in [2.24, 2.45) is 0 Å². The van der Waals surface area contributed by atoms with Crippen LogP contribution < -0.4 is 0 Å². The molecule has 2 aromatic rings. The molecule has 0 aliphatic carbocycles. The molecule has 0 unspecified atom stereocenters. The van der Waals surface area contributed by atoms with Crippen LogP contribution >= 0.6 is 11.6 Å². The zero-order valence-electron chi connectivity index (χ0n) is 18.3. The molecule has 1 aromatic heterocycles. The fourth-order valence-corrected chi connectivity index (χ4v) is 5.99. The molecule has 8 heteroatoms. The molecule has 164 valence electrons. The van der Waals surface area contributed by atoms with E-state index in [1.165, 1.54) is 10.4 Å². The van der Waals surface area contributed by atoms with Crippen molar-refractivity contribution < 1.29 is 13.2 Å². The van der Waals surface area contributed by atoms with Gasteiger partial charge in [0.15, 0.2) is 5.78 Å². The number of carbonyl (C=O) groups excluding carboxylic acids is 1. The van der Waals surface area contributed by atoms with Crippen molar-refractivity contribution in [3.8, 4) is 0 Å². The number of sulfonamides is 1. The first-order valence-electron chi connectivity index (χ1n) is 10.1. The van der Waals surface area contributed by atoms with Crippen LogP contribution in [0, 0.1) is 13.8 Å². The molecule has 0 saturated carbocycles. The van der Waals surface area contributed by atoms with Crippen LogP contribution in [0.5, 0.6) is 0 Å². The summed E-state index contributed by atoms with van der Waals surface area (Å²) in [5, 5.41) is 0.396. The molecule has 6 nitrogen and oxygen atoms in total. The SMILES string of the molecule is Cc1cc(C(=O)CN2CCN(S(=O)(=O)c3cccc(Cl)c3)CC2)c(C)n1C(C)(C)C. The van der Waals surface area contributed by atoms with E-state index >= 15 is 0 Å². The van der Waals surface area contributed by atoms with Gasteiger partial charge in [-0.1, -0.05) is 17.7 Å². The van der Waals surface area contributed by atoms with Gasteiger partial charge >= 0.3 is 0 Å². The molecule has 2 heterocycles. The van der Waals surface area contributed by atoms with Crippen LogP contribution in [0.15, 0.2) is 35.2 Å². The molecule has 30 heavy (non-hydrogen) atoms. The summed E-state index contributed by atoms with van der Waals surface area (Å²) in [5.41, 5.74) is 2.71. The van der Waals surface area contributed by atoms with Gasteiger partial charge in [-0.25, -0.2) is 8.42 Å². The molecule has 0 N–H and O–H groups in total. The van der Waals surface area contributed by atoms with Crippen LogP contribution in [0.1, 0.15) is 42.5 Å². The van der Waals surface area contributed by atoms with Gasteiger partial charge in [-0.2, -0.15) is 4.31 Å². The van der Waals surface area contributed by atoms with Crippen molar-refractivity contribution in [3.05, 3.63) is 52.3 Å². The standard InChI is InChI=1S/C22H30ClN3O3S/c1-16-13-20(17(2)26(16)22(3,4)5)21(27)15-24-9-11-25(12-10-24)30(28,29)19-8-6-7-18(23)14-19/h6-8,13-14H,9-12,15H2,1-5H3. The Hall–Kier alpha value is -1.67. The molecule has 3 rings (SSSR count). The molecular weight excluding hydrogens is 422 g/mol. The number of aryl methyl sites for hydroxylation is 1. The molecule has 1 aromatic carbocycles. The van der Waals surface area contributed by atoms with Crippen molar-refractivity contribution in [2.75, 3.05) is 32.7 Å². The van der Waals surface area contributed by atoms with Crippen molar-refractivity contribution in [1.82, 2.24) is 13.8 Å². The first kappa shape index (κ1) is 23.0. The Morgan fingerprint density at radius 2 is 1.70 bits per heavy atom. The lowest BCUT2D eigenvalue weighted by molar-refractivity contribution is 0.0901. The molecular formula is C22H30ClN3O3S. The summed E-state index contributed by atoms with van der Waals surface area (Å²) in [5.74, 6) is 0.0738. The summed E-state index contributed by atoms with van der Waals surface area (Å²) in [6.45, 7) is 12.4. The lowest BCUT2D eigenvalue weighted by Crippen LogP contribution is -2.49. The highest BCUT2D eigenvalue weighted by molar-refractivity contribution is 7.89. The number of benzene rings is 1. The average Bonchev–Trinajstić information content (AvgIpc) is 2.96. The molecule has 1 saturated heterocycles. The minimum atomic E-state index is -3.58. The first-order valence-corrected chi connectivity index (χ1v) is 11.9. The molecule has 1 fully saturated rings. The van der Waals surface area contributed by atoms with Crippen LogP contribution in [0.4, 0.5) is 0 Å². The number of Topliss-reactive ketones (excluding diaryl/α,β-unsaturated/α-hetero) is 1. The fraction of sp³-hybridized carbons (Fsp3) is 0.500. The summed E-state index contributed by atoms with van der Waals surface area (Å²) < 4.78 is 29.3. The number of rotatable bonds is 5. The lowest BCUT2D eigenvalue weighted by atomic mass is 10.1. The second kappa shape index (κ2) is 8.46. The largest absolute Gasteiger partial charge is 0.343 e. The van der Waals surface area contributed by atoms with Crippen molar-refractivity contribution >= 4 is 27.4 Å². The summed E-state index contributed by atoms with van der Waals surface area (Å²) in [7, 11) is -3.58. The monoisotopic (exact) mass is 451 g/mol. The number of aromatic nitrogens is 1. The Bertz CT molecular complexity index is 1050. The predicted molar refractivity (Wildman–Crippen MR) is 120 cm³/mol. The Kier molecular flexibility index (Phi) is 6.49. The summed E-state index contributed by atoms with van der Waals surface area (Å²) in [4.78, 5) is 15.2. The molecule has 0 atom stereocenters. The average molecular weight is 452 g/mol. The van der Waals surface area contributed by atoms with Gasteiger partial charge in [0.05, 0.1) is 11.4 Å². The van der Waals surface area contributed by atoms with Gasteiger partial charge in [-0.15, -0.1) is 0 Å². The van der Waals surface area contributed by atoms with E-state index < -0.39 is 10.0 Å². The second-order valence-corrected chi connectivity index (χ2v) is 11.2. The molecule has 0 bridgehead atoms. The summed E-state index contributed by atoms with van der Waals surface area (Å²) in [6, 6.07) is 8.28. The Balaban J connectivity index is 1.66. The lowest BCUT2D eigenvalue weighted by Gasteiger charge is -2.33. The first-order chi connectivity index (χ1) is 13.9. The van der Waals surface area contributed by atoms with E-state index in [2.05, 4.69) is 25.3 Å². The van der Waals surface area contributed by atoms with Gasteiger partial charge in [0.1, 0.15) is 0 Å². The molecule has 1 aliphatic heterocycles. The number of hydrogen-bond donors (Lipinski definition) is 0. The minimum Gasteiger partial charge on any atom is -0.343 e. The quantitative estimate of drug-likeness (QED) is 0.650. The van der Waals surface area contributed by atoms with Gasteiger partial charge < -0.3 is 4.57 Å². The van der Waals surface area contributed by atoms with E-state index in [0.717, 1.165) is 17.0 Å².